The molecule has 3 nitrogen and oxygen atoms in total. The first-order valence-electron chi connectivity index (χ1n) is 3.13. The van der Waals surface area contributed by atoms with Gasteiger partial charge in [-0.3, -0.25) is 0 Å². The molecule has 0 saturated carbocycles. The van der Waals surface area contributed by atoms with E-state index in [1.807, 2.05) is 0 Å². The van der Waals surface area contributed by atoms with Crippen LogP contribution in [0.5, 0.6) is 0 Å². The van der Waals surface area contributed by atoms with Gasteiger partial charge in [0, 0.05) is 13.2 Å². The Morgan fingerprint density at radius 1 is 0.667 bits per heavy atom. The molecule has 0 aromatic rings. The van der Waals surface area contributed by atoms with E-state index in [-0.39, 0.29) is 18.7 Å². The lowest BCUT2D eigenvalue weighted by Gasteiger charge is -1.93. The molecule has 0 atom stereocenters. The highest BCUT2D eigenvalue weighted by atomic mass is 16.3. The monoisotopic (exact) mass is 136 g/mol. The number of hydrogen-bond donors (Lipinski definition) is 2. The third-order valence-electron chi connectivity index (χ3n) is 1.07. The maximum Gasteiger partial charge on any atom is 0.0431 e. The molecule has 0 aliphatic heterocycles. The highest BCUT2D eigenvalue weighted by molar-refractivity contribution is 4.39. The maximum absolute atomic E-state index is 8.30. The summed E-state index contributed by atoms with van der Waals surface area (Å²) < 4.78 is 0. The first-order valence-corrected chi connectivity index (χ1v) is 3.13. The quantitative estimate of drug-likeness (QED) is 0.509. The Hall–Kier alpha value is -0.120. The Morgan fingerprint density at radius 3 is 1.22 bits per heavy atom. The summed E-state index contributed by atoms with van der Waals surface area (Å²) in [4.78, 5) is 0. The molecular weight excluding hydrogens is 120 g/mol. The standard InChI is InChI=1S/C6H14O2.H2O/c7-5-3-1-2-4-6-8;/h7-8H,1-6H2;1H2. The highest BCUT2D eigenvalue weighted by Gasteiger charge is 1.84. The molecule has 4 N–H and O–H groups in total. The fourth-order valence-corrected chi connectivity index (χ4v) is 0.577. The lowest BCUT2D eigenvalue weighted by molar-refractivity contribution is 0.265. The van der Waals surface area contributed by atoms with Gasteiger partial charge in [0.1, 0.15) is 0 Å². The Morgan fingerprint density at radius 2 is 1.00 bits per heavy atom. The molecule has 0 saturated heterocycles. The average molecular weight is 136 g/mol. The molecule has 0 fully saturated rings. The Labute approximate surface area is 55.6 Å². The Balaban J connectivity index is 0. The van der Waals surface area contributed by atoms with Crippen molar-refractivity contribution >= 4 is 0 Å². The van der Waals surface area contributed by atoms with Gasteiger partial charge in [-0.2, -0.15) is 0 Å². The summed E-state index contributed by atoms with van der Waals surface area (Å²) in [6.45, 7) is 0.566. The van der Waals surface area contributed by atoms with Crippen molar-refractivity contribution in [3.63, 3.8) is 0 Å². The molecule has 0 amide bonds. The zero-order chi connectivity index (χ0) is 6.24. The van der Waals surface area contributed by atoms with Gasteiger partial charge in [-0.1, -0.05) is 12.8 Å². The Kier molecular flexibility index (Phi) is 14.0. The van der Waals surface area contributed by atoms with Gasteiger partial charge in [-0.15, -0.1) is 0 Å². The van der Waals surface area contributed by atoms with Gasteiger partial charge in [0.15, 0.2) is 0 Å². The van der Waals surface area contributed by atoms with Crippen molar-refractivity contribution < 1.29 is 15.7 Å². The Bertz CT molecular complexity index is 33.3. The third-order valence-corrected chi connectivity index (χ3v) is 1.07. The number of aliphatic hydroxyl groups excluding tert-OH is 2. The first kappa shape index (κ1) is 11.6. The molecule has 0 aliphatic rings. The summed E-state index contributed by atoms with van der Waals surface area (Å²) in [5.74, 6) is 0. The SMILES string of the molecule is O.OCCCCCCO. The van der Waals surface area contributed by atoms with E-state index in [4.69, 9.17) is 10.2 Å². The molecule has 0 spiro atoms. The summed E-state index contributed by atoms with van der Waals surface area (Å²) in [5.41, 5.74) is 0. The minimum atomic E-state index is 0. The van der Waals surface area contributed by atoms with Gasteiger partial charge in [0.25, 0.3) is 0 Å². The van der Waals surface area contributed by atoms with E-state index in [2.05, 4.69) is 0 Å². The summed E-state index contributed by atoms with van der Waals surface area (Å²) in [6.07, 6.45) is 3.83. The largest absolute Gasteiger partial charge is 0.412 e. The van der Waals surface area contributed by atoms with Crippen LogP contribution in [0.1, 0.15) is 25.7 Å². The predicted octanol–water partition coefficient (Wildman–Crippen LogP) is -0.293. The second-order valence-electron chi connectivity index (χ2n) is 1.86. The van der Waals surface area contributed by atoms with Gasteiger partial charge >= 0.3 is 0 Å². The van der Waals surface area contributed by atoms with Gasteiger partial charge < -0.3 is 15.7 Å². The van der Waals surface area contributed by atoms with Crippen molar-refractivity contribution in [2.75, 3.05) is 13.2 Å². The molecule has 0 heterocycles. The smallest absolute Gasteiger partial charge is 0.0431 e. The predicted molar refractivity (Wildman–Crippen MR) is 36.3 cm³/mol. The fourth-order valence-electron chi connectivity index (χ4n) is 0.577. The van der Waals surface area contributed by atoms with Crippen LogP contribution in [0.2, 0.25) is 0 Å². The van der Waals surface area contributed by atoms with Crippen molar-refractivity contribution in [1.29, 1.82) is 0 Å². The second-order valence-corrected chi connectivity index (χ2v) is 1.86. The lowest BCUT2D eigenvalue weighted by atomic mass is 10.2. The topological polar surface area (TPSA) is 72.0 Å². The molecule has 0 rings (SSSR count). The van der Waals surface area contributed by atoms with Crippen LogP contribution < -0.4 is 0 Å². The van der Waals surface area contributed by atoms with Crippen molar-refractivity contribution in [3.8, 4) is 0 Å². The van der Waals surface area contributed by atoms with Crippen LogP contribution in [-0.2, 0) is 0 Å². The van der Waals surface area contributed by atoms with E-state index in [1.54, 1.807) is 0 Å². The number of rotatable bonds is 5. The van der Waals surface area contributed by atoms with Gasteiger partial charge in [0.2, 0.25) is 0 Å². The van der Waals surface area contributed by atoms with E-state index < -0.39 is 0 Å². The summed E-state index contributed by atoms with van der Waals surface area (Å²) >= 11 is 0. The highest BCUT2D eigenvalue weighted by Crippen LogP contribution is 1.96. The van der Waals surface area contributed by atoms with Gasteiger partial charge in [-0.25, -0.2) is 0 Å². The van der Waals surface area contributed by atoms with E-state index in [0.717, 1.165) is 25.7 Å². The van der Waals surface area contributed by atoms with Crippen LogP contribution in [-0.4, -0.2) is 28.9 Å². The van der Waals surface area contributed by atoms with Crippen molar-refractivity contribution in [2.45, 2.75) is 25.7 Å². The van der Waals surface area contributed by atoms with E-state index in [9.17, 15) is 0 Å². The van der Waals surface area contributed by atoms with Crippen LogP contribution in [0.3, 0.4) is 0 Å². The first-order chi connectivity index (χ1) is 3.91. The number of unbranched alkanes of at least 4 members (excludes halogenated alkanes) is 3. The molecule has 0 unspecified atom stereocenters. The van der Waals surface area contributed by atoms with Crippen LogP contribution in [0, 0.1) is 0 Å². The van der Waals surface area contributed by atoms with E-state index >= 15 is 0 Å². The molecule has 0 aromatic carbocycles. The molecular formula is C6H16O3. The molecule has 3 heteroatoms. The van der Waals surface area contributed by atoms with Crippen LogP contribution in [0.25, 0.3) is 0 Å². The lowest BCUT2D eigenvalue weighted by Crippen LogP contribution is -1.85. The minimum Gasteiger partial charge on any atom is -0.412 e. The van der Waals surface area contributed by atoms with Crippen LogP contribution >= 0.6 is 0 Å². The maximum atomic E-state index is 8.30. The van der Waals surface area contributed by atoms with E-state index in [0.29, 0.717) is 0 Å². The molecule has 0 bridgehead atoms. The van der Waals surface area contributed by atoms with Gasteiger partial charge in [-0.05, 0) is 12.8 Å². The van der Waals surface area contributed by atoms with Crippen molar-refractivity contribution in [2.24, 2.45) is 0 Å². The molecule has 0 radical (unpaired) electrons. The third kappa shape index (κ3) is 11.4. The summed E-state index contributed by atoms with van der Waals surface area (Å²) in [7, 11) is 0. The molecule has 9 heavy (non-hydrogen) atoms. The number of hydrogen-bond acceptors (Lipinski definition) is 2. The molecule has 58 valence electrons. The fraction of sp³-hybridized carbons (Fsp3) is 1.00. The molecule has 0 aromatic heterocycles. The summed E-state index contributed by atoms with van der Waals surface area (Å²) in [5, 5.41) is 16.6. The van der Waals surface area contributed by atoms with Crippen LogP contribution in [0.4, 0.5) is 0 Å². The second kappa shape index (κ2) is 10.8. The van der Waals surface area contributed by atoms with Gasteiger partial charge in [0.05, 0.1) is 0 Å². The minimum absolute atomic E-state index is 0. The zero-order valence-corrected chi connectivity index (χ0v) is 5.64. The molecule has 0 aliphatic carbocycles. The van der Waals surface area contributed by atoms with E-state index in [1.165, 1.54) is 0 Å². The average Bonchev–Trinajstić information content (AvgIpc) is 1.81. The van der Waals surface area contributed by atoms with Crippen molar-refractivity contribution in [3.05, 3.63) is 0 Å². The summed E-state index contributed by atoms with van der Waals surface area (Å²) in [6, 6.07) is 0. The zero-order valence-electron chi connectivity index (χ0n) is 5.64. The van der Waals surface area contributed by atoms with Crippen LogP contribution in [0.15, 0.2) is 0 Å². The number of aliphatic hydroxyl groups is 2. The van der Waals surface area contributed by atoms with Crippen molar-refractivity contribution in [1.82, 2.24) is 0 Å². The normalized spacial score (nSPS) is 8.67.